The van der Waals surface area contributed by atoms with Gasteiger partial charge in [0.05, 0.1) is 39.7 Å². The summed E-state index contributed by atoms with van der Waals surface area (Å²) in [6.07, 6.45) is 3.71. The molecule has 2 N–H and O–H groups in total. The second kappa shape index (κ2) is 5.19. The lowest BCUT2D eigenvalue weighted by Gasteiger charge is -2.04. The Kier molecular flexibility index (Phi) is 2.96. The zero-order valence-electron chi connectivity index (χ0n) is 13.3. The van der Waals surface area contributed by atoms with Crippen molar-refractivity contribution >= 4 is 33.5 Å². The van der Waals surface area contributed by atoms with Crippen LogP contribution >= 0.6 is 11.6 Å². The largest absolute Gasteiger partial charge is 0.307 e. The molecule has 2 aromatic carbocycles. The Morgan fingerprint density at radius 3 is 2.60 bits per heavy atom. The number of fused-ring (bicyclic) bond motifs is 2. The van der Waals surface area contributed by atoms with Crippen LogP contribution in [0.3, 0.4) is 0 Å². The number of hydrogen-bond donors (Lipinski definition) is 2. The van der Waals surface area contributed by atoms with Crippen molar-refractivity contribution in [3.8, 4) is 17.1 Å². The van der Waals surface area contributed by atoms with Crippen LogP contribution in [0.4, 0.5) is 0 Å². The standard InChI is InChI=1S/C18H13ClN6/c1-10-14(9-21-25(10)13-4-2-12(19)3-5-13)18-22-16-6-11-8-20-24-15(11)7-17(16)23-18/h2-9,20,24H,1H3. The van der Waals surface area contributed by atoms with Crippen molar-refractivity contribution < 1.29 is 0 Å². The van der Waals surface area contributed by atoms with Gasteiger partial charge in [-0.15, -0.1) is 0 Å². The summed E-state index contributed by atoms with van der Waals surface area (Å²) in [6.45, 7) is 2.01. The predicted molar refractivity (Wildman–Crippen MR) is 98.1 cm³/mol. The summed E-state index contributed by atoms with van der Waals surface area (Å²) in [7, 11) is 0. The van der Waals surface area contributed by atoms with Crippen molar-refractivity contribution in [1.82, 2.24) is 29.9 Å². The van der Waals surface area contributed by atoms with Gasteiger partial charge in [0.1, 0.15) is 0 Å². The van der Waals surface area contributed by atoms with E-state index in [-0.39, 0.29) is 0 Å². The first-order valence-corrected chi connectivity index (χ1v) is 8.21. The number of hydrogen-bond acceptors (Lipinski definition) is 3. The minimum absolute atomic E-state index is 0.685. The van der Waals surface area contributed by atoms with Crippen molar-refractivity contribution in [2.24, 2.45) is 0 Å². The van der Waals surface area contributed by atoms with Gasteiger partial charge in [0, 0.05) is 16.6 Å². The molecule has 6 nitrogen and oxygen atoms in total. The van der Waals surface area contributed by atoms with E-state index in [1.165, 1.54) is 0 Å². The lowest BCUT2D eigenvalue weighted by Crippen LogP contribution is -1.98. The number of nitrogens with zero attached hydrogens (tertiary/aromatic N) is 4. The molecule has 5 rings (SSSR count). The first-order chi connectivity index (χ1) is 12.2. The van der Waals surface area contributed by atoms with Gasteiger partial charge in [-0.3, -0.25) is 0 Å². The summed E-state index contributed by atoms with van der Waals surface area (Å²) in [5.41, 5.74) is 5.59. The Labute approximate surface area is 147 Å². The highest BCUT2D eigenvalue weighted by molar-refractivity contribution is 6.30. The highest BCUT2D eigenvalue weighted by Gasteiger charge is 2.15. The van der Waals surface area contributed by atoms with Gasteiger partial charge in [0.25, 0.3) is 0 Å². The second-order valence-corrected chi connectivity index (χ2v) is 6.36. The van der Waals surface area contributed by atoms with E-state index in [0.29, 0.717) is 10.8 Å². The molecule has 7 heteroatoms. The number of imidazole rings is 1. The first-order valence-electron chi connectivity index (χ1n) is 7.83. The third kappa shape index (κ3) is 2.22. The van der Waals surface area contributed by atoms with Crippen LogP contribution in [0, 0.1) is 6.92 Å². The van der Waals surface area contributed by atoms with Crippen LogP contribution < -0.4 is 0 Å². The molecule has 5 aromatic rings. The zero-order chi connectivity index (χ0) is 17.0. The minimum atomic E-state index is 0.685. The third-order valence-corrected chi connectivity index (χ3v) is 4.61. The monoisotopic (exact) mass is 348 g/mol. The summed E-state index contributed by atoms with van der Waals surface area (Å²) >= 11 is 5.97. The molecule has 0 aliphatic carbocycles. The zero-order valence-corrected chi connectivity index (χ0v) is 14.0. The van der Waals surface area contributed by atoms with Gasteiger partial charge in [0.2, 0.25) is 0 Å². The molecule has 0 bridgehead atoms. The van der Waals surface area contributed by atoms with E-state index in [1.54, 1.807) is 6.20 Å². The molecule has 3 heterocycles. The average molecular weight is 349 g/mol. The van der Waals surface area contributed by atoms with Gasteiger partial charge in [-0.1, -0.05) is 11.6 Å². The number of rotatable bonds is 2. The van der Waals surface area contributed by atoms with Gasteiger partial charge in [-0.05, 0) is 43.3 Å². The molecular formula is C18H13ClN6. The second-order valence-electron chi connectivity index (χ2n) is 5.92. The molecule has 0 radical (unpaired) electrons. The van der Waals surface area contributed by atoms with Crippen molar-refractivity contribution in [2.45, 2.75) is 6.92 Å². The summed E-state index contributed by atoms with van der Waals surface area (Å²) in [4.78, 5) is 9.36. The predicted octanol–water partition coefficient (Wildman–Crippen LogP) is 4.25. The molecule has 0 saturated heterocycles. The lowest BCUT2D eigenvalue weighted by atomic mass is 10.2. The Balaban J connectivity index is 1.63. The molecule has 0 aliphatic heterocycles. The fraction of sp³-hybridized carbons (Fsp3) is 0.0556. The van der Waals surface area contributed by atoms with Crippen LogP contribution in [-0.2, 0) is 0 Å². The average Bonchev–Trinajstić information content (AvgIpc) is 3.30. The molecule has 122 valence electrons. The fourth-order valence-corrected chi connectivity index (χ4v) is 3.16. The molecule has 3 aromatic heterocycles. The molecule has 0 aliphatic rings. The number of H-pyrrole nitrogens is 2. The van der Waals surface area contributed by atoms with Crippen molar-refractivity contribution in [1.29, 1.82) is 0 Å². The van der Waals surface area contributed by atoms with Crippen LogP contribution in [-0.4, -0.2) is 29.9 Å². The number of aromatic amines is 2. The number of nitrogens with one attached hydrogen (secondary N) is 2. The summed E-state index contributed by atoms with van der Waals surface area (Å²) in [6, 6.07) is 11.6. The quantitative estimate of drug-likeness (QED) is 0.500. The molecular weight excluding hydrogens is 336 g/mol. The van der Waals surface area contributed by atoms with Crippen LogP contribution in [0.2, 0.25) is 5.02 Å². The topological polar surface area (TPSA) is 75.2 Å². The van der Waals surface area contributed by atoms with E-state index in [2.05, 4.69) is 25.3 Å². The Hall–Kier alpha value is -3.12. The molecule has 25 heavy (non-hydrogen) atoms. The molecule has 0 amide bonds. The molecule has 0 saturated carbocycles. The maximum atomic E-state index is 5.97. The molecule has 0 fully saturated rings. The molecule has 0 atom stereocenters. The van der Waals surface area contributed by atoms with Crippen LogP contribution in [0.5, 0.6) is 0 Å². The van der Waals surface area contributed by atoms with E-state index in [1.807, 2.05) is 54.2 Å². The van der Waals surface area contributed by atoms with Crippen molar-refractivity contribution in [3.05, 3.63) is 59.5 Å². The summed E-state index contributed by atoms with van der Waals surface area (Å²) in [5.74, 6) is 0.685. The minimum Gasteiger partial charge on any atom is -0.307 e. The van der Waals surface area contributed by atoms with Crippen molar-refractivity contribution in [2.75, 3.05) is 0 Å². The number of aromatic nitrogens is 6. The van der Waals surface area contributed by atoms with E-state index >= 15 is 0 Å². The summed E-state index contributed by atoms with van der Waals surface area (Å²) in [5, 5.41) is 12.3. The number of benzene rings is 2. The Morgan fingerprint density at radius 1 is 1.04 bits per heavy atom. The maximum absolute atomic E-state index is 5.97. The lowest BCUT2D eigenvalue weighted by molar-refractivity contribution is 0.847. The first kappa shape index (κ1) is 14.2. The van der Waals surface area contributed by atoms with E-state index < -0.39 is 0 Å². The Bertz CT molecular complexity index is 1160. The third-order valence-electron chi connectivity index (χ3n) is 4.36. The molecule has 0 spiro atoms. The smallest absolute Gasteiger partial charge is 0.163 e. The van der Waals surface area contributed by atoms with Gasteiger partial charge in [0.15, 0.2) is 5.82 Å². The maximum Gasteiger partial charge on any atom is 0.163 e. The van der Waals surface area contributed by atoms with E-state index in [4.69, 9.17) is 11.6 Å². The van der Waals surface area contributed by atoms with Gasteiger partial charge >= 0.3 is 0 Å². The van der Waals surface area contributed by atoms with Crippen LogP contribution in [0.25, 0.3) is 39.0 Å². The van der Waals surface area contributed by atoms with Gasteiger partial charge in [-0.25, -0.2) is 14.6 Å². The SMILES string of the molecule is Cc1c(-c2nc3cc4c[nH][nH]c4cc3n2)cnn1-c1ccc(Cl)cc1. The fourth-order valence-electron chi connectivity index (χ4n) is 3.04. The molecule has 0 unspecified atom stereocenters. The highest BCUT2D eigenvalue weighted by atomic mass is 35.5. The Morgan fingerprint density at radius 2 is 1.80 bits per heavy atom. The number of halogens is 1. The van der Waals surface area contributed by atoms with Crippen molar-refractivity contribution in [3.63, 3.8) is 0 Å². The van der Waals surface area contributed by atoms with Crippen LogP contribution in [0.15, 0.2) is 48.8 Å². The summed E-state index contributed by atoms with van der Waals surface area (Å²) < 4.78 is 1.87. The van der Waals surface area contributed by atoms with Gasteiger partial charge < -0.3 is 10.2 Å². The van der Waals surface area contributed by atoms with Crippen LogP contribution in [0.1, 0.15) is 5.69 Å². The van der Waals surface area contributed by atoms with Gasteiger partial charge in [-0.2, -0.15) is 5.10 Å². The highest BCUT2D eigenvalue weighted by Crippen LogP contribution is 2.27. The van der Waals surface area contributed by atoms with E-state index in [0.717, 1.165) is 38.9 Å². The normalized spacial score (nSPS) is 11.6. The van der Waals surface area contributed by atoms with E-state index in [9.17, 15) is 0 Å².